The predicted molar refractivity (Wildman–Crippen MR) is 137 cm³/mol. The van der Waals surface area contributed by atoms with E-state index in [0.717, 1.165) is 75.0 Å². The van der Waals surface area contributed by atoms with Gasteiger partial charge in [0.05, 0.1) is 16.7 Å². The van der Waals surface area contributed by atoms with Crippen molar-refractivity contribution in [2.45, 2.75) is 75.9 Å². The molecule has 8 nitrogen and oxygen atoms in total. The number of carbonyl (C=O) groups is 2. The fraction of sp³-hybridized carbons (Fsp3) is 0.556. The van der Waals surface area contributed by atoms with E-state index in [1.807, 2.05) is 0 Å². The predicted octanol–water partition coefficient (Wildman–Crippen LogP) is 4.37. The van der Waals surface area contributed by atoms with Gasteiger partial charge in [-0.15, -0.1) is 0 Å². The first-order valence-electron chi connectivity index (χ1n) is 13.0. The molecule has 2 aromatic heterocycles. The molecule has 1 aliphatic heterocycles. The van der Waals surface area contributed by atoms with Crippen molar-refractivity contribution in [1.82, 2.24) is 15.3 Å². The lowest BCUT2D eigenvalue weighted by atomic mass is 9.79. The van der Waals surface area contributed by atoms with Gasteiger partial charge < -0.3 is 20.5 Å². The highest BCUT2D eigenvalue weighted by atomic mass is 35.5. The van der Waals surface area contributed by atoms with Crippen LogP contribution in [-0.4, -0.2) is 52.2 Å². The first-order valence-corrected chi connectivity index (χ1v) is 13.4. The monoisotopic (exact) mass is 512 g/mol. The maximum atomic E-state index is 12.9. The van der Waals surface area contributed by atoms with Crippen molar-refractivity contribution in [2.75, 3.05) is 18.5 Å². The van der Waals surface area contributed by atoms with Crippen LogP contribution in [0.1, 0.15) is 78.0 Å². The van der Waals surface area contributed by atoms with Crippen LogP contribution in [0.25, 0.3) is 0 Å². The van der Waals surface area contributed by atoms with Crippen LogP contribution in [0.15, 0.2) is 24.5 Å². The number of hydrogen-bond acceptors (Lipinski definition) is 6. The zero-order valence-corrected chi connectivity index (χ0v) is 21.1. The second kappa shape index (κ2) is 11.1. The van der Waals surface area contributed by atoms with Gasteiger partial charge in [0.15, 0.2) is 0 Å². The summed E-state index contributed by atoms with van der Waals surface area (Å²) in [5, 5.41) is 15.9. The number of hydrogen-bond donors (Lipinski definition) is 3. The molecule has 192 valence electrons. The van der Waals surface area contributed by atoms with Crippen LogP contribution in [0.3, 0.4) is 0 Å². The second-order valence-electron chi connectivity index (χ2n) is 10.2. The minimum atomic E-state index is -1.08. The lowest BCUT2D eigenvalue weighted by molar-refractivity contribution is -0.140. The molecule has 0 bridgehead atoms. The van der Waals surface area contributed by atoms with Crippen LogP contribution in [0.5, 0.6) is 0 Å². The summed E-state index contributed by atoms with van der Waals surface area (Å²) in [6.45, 7) is 1.28. The summed E-state index contributed by atoms with van der Waals surface area (Å²) < 4.78 is 5.92. The lowest BCUT2D eigenvalue weighted by Gasteiger charge is -2.35. The summed E-state index contributed by atoms with van der Waals surface area (Å²) in [5.41, 5.74) is 3.58. The standard InChI is InChI=1S/C27H33ClN4O4/c28-22-15-29-14-21(17-4-5-17)24(22)26(33)32-23(27(34)35)9-11-36-20-12-16(13-20)3-7-19-8-6-18-2-1-10-30-25(18)31-19/h6,8,14-17,20,23H,1-5,7,9-13H2,(H,30,31)(H,32,33)(H,34,35). The van der Waals surface area contributed by atoms with Gasteiger partial charge in [0, 0.05) is 37.7 Å². The molecule has 9 heteroatoms. The maximum Gasteiger partial charge on any atom is 0.326 e. The van der Waals surface area contributed by atoms with Gasteiger partial charge in [0.2, 0.25) is 0 Å². The SMILES string of the molecule is O=C(NC(CCOC1CC(CCc2ccc3c(n2)NCCC3)C1)C(=O)O)c1c(Cl)cncc1C1CC1. The van der Waals surface area contributed by atoms with E-state index in [4.69, 9.17) is 21.3 Å². The van der Waals surface area contributed by atoms with Gasteiger partial charge >= 0.3 is 5.97 Å². The maximum absolute atomic E-state index is 12.9. The number of carbonyl (C=O) groups excluding carboxylic acids is 1. The number of carboxylic acids is 1. The molecule has 5 rings (SSSR count). The average molecular weight is 513 g/mol. The fourth-order valence-electron chi connectivity index (χ4n) is 5.14. The molecule has 3 aliphatic rings. The second-order valence-corrected chi connectivity index (χ2v) is 10.6. The quantitative estimate of drug-likeness (QED) is 0.409. The molecule has 36 heavy (non-hydrogen) atoms. The summed E-state index contributed by atoms with van der Waals surface area (Å²) in [7, 11) is 0. The summed E-state index contributed by atoms with van der Waals surface area (Å²) in [4.78, 5) is 33.5. The third-order valence-corrected chi connectivity index (χ3v) is 7.78. The molecule has 0 radical (unpaired) electrons. The van der Waals surface area contributed by atoms with Crippen molar-refractivity contribution < 1.29 is 19.4 Å². The number of anilines is 1. The van der Waals surface area contributed by atoms with Gasteiger partial charge in [0.1, 0.15) is 11.9 Å². The number of nitrogens with one attached hydrogen (secondary N) is 2. The van der Waals surface area contributed by atoms with Crippen LogP contribution in [0, 0.1) is 5.92 Å². The summed E-state index contributed by atoms with van der Waals surface area (Å²) in [6.07, 6.45) is 11.7. The van der Waals surface area contributed by atoms with Gasteiger partial charge in [0.25, 0.3) is 5.91 Å². The van der Waals surface area contributed by atoms with Crippen molar-refractivity contribution in [3.05, 3.63) is 51.9 Å². The Kier molecular flexibility index (Phi) is 7.72. The molecule has 1 atom stereocenters. The number of pyridine rings is 2. The molecule has 1 amide bonds. The minimum absolute atomic E-state index is 0.148. The number of halogens is 1. The molecular formula is C27H33ClN4O4. The Labute approximate surface area is 216 Å². The Hall–Kier alpha value is -2.71. The highest BCUT2D eigenvalue weighted by Gasteiger charge is 2.32. The number of aliphatic carboxylic acids is 1. The lowest BCUT2D eigenvalue weighted by Crippen LogP contribution is -2.42. The average Bonchev–Trinajstić information content (AvgIpc) is 3.69. The highest BCUT2D eigenvalue weighted by molar-refractivity contribution is 6.34. The van der Waals surface area contributed by atoms with E-state index in [9.17, 15) is 14.7 Å². The first kappa shape index (κ1) is 25.0. The first-order chi connectivity index (χ1) is 17.5. The number of fused-ring (bicyclic) bond motifs is 1. The van der Waals surface area contributed by atoms with Gasteiger partial charge in [-0.3, -0.25) is 9.78 Å². The molecule has 3 heterocycles. The Balaban J connectivity index is 1.04. The molecule has 2 saturated carbocycles. The van der Waals surface area contributed by atoms with E-state index in [1.54, 1.807) is 6.20 Å². The fourth-order valence-corrected chi connectivity index (χ4v) is 5.39. The molecular weight excluding hydrogens is 480 g/mol. The Bertz CT molecular complexity index is 1120. The molecule has 1 unspecified atom stereocenters. The smallest absolute Gasteiger partial charge is 0.326 e. The van der Waals surface area contributed by atoms with Crippen LogP contribution in [0.4, 0.5) is 5.82 Å². The normalized spacial score (nSPS) is 21.6. The number of carboxylic acid groups (broad SMARTS) is 1. The third kappa shape index (κ3) is 5.98. The van der Waals surface area contributed by atoms with E-state index in [2.05, 4.69) is 27.8 Å². The van der Waals surface area contributed by atoms with Crippen molar-refractivity contribution in [3.8, 4) is 0 Å². The molecule has 3 N–H and O–H groups in total. The minimum Gasteiger partial charge on any atom is -0.480 e. The Morgan fingerprint density at radius 1 is 1.25 bits per heavy atom. The van der Waals surface area contributed by atoms with E-state index in [-0.39, 0.29) is 30.1 Å². The molecule has 0 saturated heterocycles. The molecule has 0 aromatic carbocycles. The molecule has 2 aromatic rings. The summed E-state index contributed by atoms with van der Waals surface area (Å²) in [5.74, 6) is 0.374. The van der Waals surface area contributed by atoms with Crippen LogP contribution in [0.2, 0.25) is 5.02 Å². The Morgan fingerprint density at radius 2 is 2.08 bits per heavy atom. The number of aryl methyl sites for hydroxylation is 2. The van der Waals surface area contributed by atoms with E-state index < -0.39 is 17.9 Å². The Morgan fingerprint density at radius 3 is 2.86 bits per heavy atom. The van der Waals surface area contributed by atoms with E-state index in [0.29, 0.717) is 11.5 Å². The summed E-state index contributed by atoms with van der Waals surface area (Å²) in [6, 6.07) is 3.31. The van der Waals surface area contributed by atoms with E-state index >= 15 is 0 Å². The zero-order chi connectivity index (χ0) is 25.1. The topological polar surface area (TPSA) is 113 Å². The third-order valence-electron chi connectivity index (χ3n) is 7.49. The van der Waals surface area contributed by atoms with E-state index in [1.165, 1.54) is 11.8 Å². The summed E-state index contributed by atoms with van der Waals surface area (Å²) >= 11 is 6.24. The number of rotatable bonds is 11. The number of nitrogens with zero attached hydrogens (tertiary/aromatic N) is 2. The van der Waals surface area contributed by atoms with Crippen molar-refractivity contribution in [2.24, 2.45) is 5.92 Å². The van der Waals surface area contributed by atoms with Crippen molar-refractivity contribution in [1.29, 1.82) is 0 Å². The van der Waals surface area contributed by atoms with Gasteiger partial charge in [-0.25, -0.2) is 9.78 Å². The van der Waals surface area contributed by atoms with Gasteiger partial charge in [-0.05, 0) is 80.4 Å². The zero-order valence-electron chi connectivity index (χ0n) is 20.3. The van der Waals surface area contributed by atoms with Gasteiger partial charge in [-0.2, -0.15) is 0 Å². The number of aromatic nitrogens is 2. The largest absolute Gasteiger partial charge is 0.480 e. The highest BCUT2D eigenvalue weighted by Crippen LogP contribution is 2.42. The van der Waals surface area contributed by atoms with Crippen molar-refractivity contribution in [3.63, 3.8) is 0 Å². The molecule has 2 aliphatic carbocycles. The van der Waals surface area contributed by atoms with Crippen LogP contribution >= 0.6 is 11.6 Å². The van der Waals surface area contributed by atoms with Crippen molar-refractivity contribution >= 4 is 29.3 Å². The molecule has 2 fully saturated rings. The molecule has 0 spiro atoms. The van der Waals surface area contributed by atoms with Crippen LogP contribution in [-0.2, 0) is 22.4 Å². The number of ether oxygens (including phenoxy) is 1. The van der Waals surface area contributed by atoms with Crippen LogP contribution < -0.4 is 10.6 Å². The van der Waals surface area contributed by atoms with Gasteiger partial charge in [-0.1, -0.05) is 17.7 Å². The number of amides is 1.